The maximum atomic E-state index is 12.1. The minimum Gasteiger partial charge on any atom is -0.357 e. The third-order valence-electron chi connectivity index (χ3n) is 3.35. The number of hydrogen-bond acceptors (Lipinski definition) is 2. The average Bonchev–Trinajstić information content (AvgIpc) is 2.52. The van der Waals surface area contributed by atoms with Crippen molar-refractivity contribution in [2.45, 2.75) is 39.4 Å². The molecule has 4 nitrogen and oxygen atoms in total. The Labute approximate surface area is 143 Å². The van der Waals surface area contributed by atoms with Gasteiger partial charge in [0.2, 0.25) is 0 Å². The Morgan fingerprint density at radius 1 is 1.22 bits per heavy atom. The van der Waals surface area contributed by atoms with E-state index in [4.69, 9.17) is 0 Å². The van der Waals surface area contributed by atoms with Crippen molar-refractivity contribution in [1.29, 1.82) is 0 Å². The molecule has 0 radical (unpaired) electrons. The van der Waals surface area contributed by atoms with E-state index in [2.05, 4.69) is 36.4 Å². The van der Waals surface area contributed by atoms with Gasteiger partial charge in [-0.15, -0.1) is 0 Å². The fourth-order valence-corrected chi connectivity index (χ4v) is 3.19. The fourth-order valence-electron chi connectivity index (χ4n) is 2.15. The molecule has 130 valence electrons. The van der Waals surface area contributed by atoms with Crippen molar-refractivity contribution in [3.05, 3.63) is 35.9 Å². The van der Waals surface area contributed by atoms with Crippen LogP contribution in [0.3, 0.4) is 0 Å². The molecule has 1 aromatic carbocycles. The predicted molar refractivity (Wildman–Crippen MR) is 101 cm³/mol. The van der Waals surface area contributed by atoms with Crippen molar-refractivity contribution in [3.63, 3.8) is 0 Å². The zero-order valence-electron chi connectivity index (χ0n) is 14.7. The topological polar surface area (TPSA) is 53.5 Å². The third kappa shape index (κ3) is 10.1. The Bertz CT molecular complexity index is 474. The molecule has 1 atom stereocenters. The largest absolute Gasteiger partial charge is 0.357 e. The monoisotopic (exact) mass is 337 g/mol. The highest BCUT2D eigenvalue weighted by atomic mass is 32.2. The van der Waals surface area contributed by atoms with E-state index in [1.165, 1.54) is 6.42 Å². The summed E-state index contributed by atoms with van der Waals surface area (Å²) in [7, 11) is -0.850. The van der Waals surface area contributed by atoms with Gasteiger partial charge in [0, 0.05) is 41.9 Å². The van der Waals surface area contributed by atoms with Gasteiger partial charge in [0.25, 0.3) is 0 Å². The maximum absolute atomic E-state index is 12.1. The van der Waals surface area contributed by atoms with Gasteiger partial charge < -0.3 is 10.6 Å². The van der Waals surface area contributed by atoms with Gasteiger partial charge in [-0.1, -0.05) is 44.2 Å². The first-order valence-corrected chi connectivity index (χ1v) is 10.0. The van der Waals surface area contributed by atoms with Crippen molar-refractivity contribution in [2.24, 2.45) is 10.9 Å². The molecule has 2 N–H and O–H groups in total. The van der Waals surface area contributed by atoms with Crippen LogP contribution in [-0.2, 0) is 16.6 Å². The van der Waals surface area contributed by atoms with E-state index in [1.54, 1.807) is 0 Å². The standard InChI is InChI=1S/C18H31N3OS/c1-4-19-18(20-12-8-9-16(2)3)21-13-14-23(22)15-17-10-6-5-7-11-17/h5-7,10-11,16H,4,8-9,12-15H2,1-3H3,(H2,19,20,21). The van der Waals surface area contributed by atoms with Crippen molar-refractivity contribution >= 4 is 16.8 Å². The van der Waals surface area contributed by atoms with Crippen LogP contribution in [0.2, 0.25) is 0 Å². The van der Waals surface area contributed by atoms with Gasteiger partial charge in [0.05, 0.1) is 0 Å². The molecule has 23 heavy (non-hydrogen) atoms. The van der Waals surface area contributed by atoms with E-state index in [1.807, 2.05) is 30.3 Å². The van der Waals surface area contributed by atoms with Gasteiger partial charge in [-0.25, -0.2) is 0 Å². The molecular weight excluding hydrogens is 306 g/mol. The Hall–Kier alpha value is -1.36. The number of rotatable bonds is 10. The molecule has 0 aliphatic carbocycles. The quantitative estimate of drug-likeness (QED) is 0.392. The van der Waals surface area contributed by atoms with Crippen LogP contribution in [0.25, 0.3) is 0 Å². The first-order valence-electron chi connectivity index (χ1n) is 8.53. The summed E-state index contributed by atoms with van der Waals surface area (Å²) in [6.07, 6.45) is 2.30. The summed E-state index contributed by atoms with van der Waals surface area (Å²) in [6, 6.07) is 9.99. The van der Waals surface area contributed by atoms with Crippen molar-refractivity contribution in [1.82, 2.24) is 10.6 Å². The van der Waals surface area contributed by atoms with E-state index in [0.29, 0.717) is 18.1 Å². The Kier molecular flexibility index (Phi) is 10.4. The third-order valence-corrected chi connectivity index (χ3v) is 4.66. The summed E-state index contributed by atoms with van der Waals surface area (Å²) in [6.45, 7) is 8.86. The second-order valence-electron chi connectivity index (χ2n) is 6.00. The normalized spacial score (nSPS) is 13.1. The van der Waals surface area contributed by atoms with Crippen LogP contribution in [-0.4, -0.2) is 35.6 Å². The van der Waals surface area contributed by atoms with Crippen LogP contribution in [0.1, 0.15) is 39.2 Å². The van der Waals surface area contributed by atoms with Gasteiger partial charge >= 0.3 is 0 Å². The Morgan fingerprint density at radius 2 is 1.96 bits per heavy atom. The average molecular weight is 338 g/mol. The minimum atomic E-state index is -0.850. The maximum Gasteiger partial charge on any atom is 0.191 e. The SMILES string of the molecule is CCNC(=NCCCC(C)C)NCCS(=O)Cc1ccccc1. The van der Waals surface area contributed by atoms with Crippen LogP contribution >= 0.6 is 0 Å². The lowest BCUT2D eigenvalue weighted by molar-refractivity contribution is 0.560. The van der Waals surface area contributed by atoms with E-state index in [-0.39, 0.29) is 0 Å². The summed E-state index contributed by atoms with van der Waals surface area (Å²) < 4.78 is 12.1. The summed E-state index contributed by atoms with van der Waals surface area (Å²) in [5.74, 6) is 2.80. The zero-order chi connectivity index (χ0) is 16.9. The van der Waals surface area contributed by atoms with Gasteiger partial charge in [0.15, 0.2) is 5.96 Å². The summed E-state index contributed by atoms with van der Waals surface area (Å²) >= 11 is 0. The smallest absolute Gasteiger partial charge is 0.191 e. The molecule has 0 amide bonds. The van der Waals surface area contributed by atoms with Crippen LogP contribution < -0.4 is 10.6 Å². The first kappa shape index (κ1) is 19.7. The number of benzene rings is 1. The number of hydrogen-bond donors (Lipinski definition) is 2. The van der Waals surface area contributed by atoms with E-state index < -0.39 is 10.8 Å². The van der Waals surface area contributed by atoms with Crippen LogP contribution in [0, 0.1) is 5.92 Å². The highest BCUT2D eigenvalue weighted by Gasteiger charge is 2.03. The van der Waals surface area contributed by atoms with Crippen LogP contribution in [0.4, 0.5) is 0 Å². The second kappa shape index (κ2) is 12.1. The van der Waals surface area contributed by atoms with Gasteiger partial charge in [0.1, 0.15) is 0 Å². The molecule has 0 saturated heterocycles. The number of nitrogens with zero attached hydrogens (tertiary/aromatic N) is 1. The highest BCUT2D eigenvalue weighted by molar-refractivity contribution is 7.84. The first-order chi connectivity index (χ1) is 11.1. The van der Waals surface area contributed by atoms with Crippen molar-refractivity contribution < 1.29 is 4.21 Å². The molecule has 0 bridgehead atoms. The molecule has 0 spiro atoms. The molecule has 0 aliphatic rings. The summed E-state index contributed by atoms with van der Waals surface area (Å²) in [5, 5.41) is 6.51. The molecule has 0 aliphatic heterocycles. The minimum absolute atomic E-state index is 0.616. The van der Waals surface area contributed by atoms with Crippen LogP contribution in [0.15, 0.2) is 35.3 Å². The van der Waals surface area contributed by atoms with Gasteiger partial charge in [-0.2, -0.15) is 0 Å². The number of aliphatic imine (C=N–C) groups is 1. The Morgan fingerprint density at radius 3 is 2.61 bits per heavy atom. The molecule has 1 rings (SSSR count). The fraction of sp³-hybridized carbons (Fsp3) is 0.611. The van der Waals surface area contributed by atoms with E-state index in [9.17, 15) is 4.21 Å². The number of guanidine groups is 1. The highest BCUT2D eigenvalue weighted by Crippen LogP contribution is 2.03. The molecule has 0 aromatic heterocycles. The molecule has 0 heterocycles. The zero-order valence-corrected chi connectivity index (χ0v) is 15.5. The van der Waals surface area contributed by atoms with E-state index >= 15 is 0 Å². The Balaban J connectivity index is 2.28. The number of nitrogens with one attached hydrogen (secondary N) is 2. The van der Waals surface area contributed by atoms with Gasteiger partial charge in [-0.05, 0) is 31.2 Å². The lowest BCUT2D eigenvalue weighted by Gasteiger charge is -2.11. The molecule has 0 fully saturated rings. The molecule has 5 heteroatoms. The van der Waals surface area contributed by atoms with Crippen molar-refractivity contribution in [2.75, 3.05) is 25.4 Å². The molecule has 0 saturated carbocycles. The molecule has 1 unspecified atom stereocenters. The summed E-state index contributed by atoms with van der Waals surface area (Å²) in [5.41, 5.74) is 1.13. The van der Waals surface area contributed by atoms with Crippen LogP contribution in [0.5, 0.6) is 0 Å². The van der Waals surface area contributed by atoms with E-state index in [0.717, 1.165) is 37.0 Å². The van der Waals surface area contributed by atoms with Gasteiger partial charge in [-0.3, -0.25) is 9.20 Å². The summed E-state index contributed by atoms with van der Waals surface area (Å²) in [4.78, 5) is 4.56. The lowest BCUT2D eigenvalue weighted by atomic mass is 10.1. The molecular formula is C18H31N3OS. The van der Waals surface area contributed by atoms with Crippen molar-refractivity contribution in [3.8, 4) is 0 Å². The lowest BCUT2D eigenvalue weighted by Crippen LogP contribution is -2.39. The molecule has 1 aromatic rings. The second-order valence-corrected chi connectivity index (χ2v) is 7.57. The predicted octanol–water partition coefficient (Wildman–Crippen LogP) is 2.93.